The minimum absolute atomic E-state index is 0. The number of carbonyl (C=O) groups is 2. The van der Waals surface area contributed by atoms with E-state index in [0.717, 1.165) is 37.2 Å². The molecule has 4 N–H and O–H groups in total. The van der Waals surface area contributed by atoms with Crippen molar-refractivity contribution in [1.82, 2.24) is 5.32 Å². The van der Waals surface area contributed by atoms with E-state index >= 15 is 0 Å². The number of carboxylic acids is 1. The number of nitrogens with one attached hydrogen (secondary N) is 1. The fraction of sp³-hybridized carbons (Fsp3) is 0.576. The van der Waals surface area contributed by atoms with Crippen LogP contribution < -0.4 is 11.1 Å². The molecule has 0 fully saturated rings. The van der Waals surface area contributed by atoms with Crippen molar-refractivity contribution < 1.29 is 35.1 Å². The maximum absolute atomic E-state index is 11.9. The molecule has 0 aromatic heterocycles. The maximum Gasteiger partial charge on any atom is 0.310 e. The van der Waals surface area contributed by atoms with Crippen LogP contribution in [0.25, 0.3) is 0 Å². The molecule has 9 heteroatoms. The van der Waals surface area contributed by atoms with Crippen molar-refractivity contribution in [3.05, 3.63) is 71.8 Å². The molecule has 0 saturated carbocycles. The molecule has 1 amide bonds. The second kappa shape index (κ2) is 29.7. The summed E-state index contributed by atoms with van der Waals surface area (Å²) in [7, 11) is 0. The molecule has 0 bridgehead atoms. The lowest BCUT2D eigenvalue weighted by molar-refractivity contribution is -0.138. The lowest BCUT2D eigenvalue weighted by Crippen LogP contribution is -2.31. The van der Waals surface area contributed by atoms with Gasteiger partial charge < -0.3 is 35.1 Å². The summed E-state index contributed by atoms with van der Waals surface area (Å²) in [6, 6.07) is 19.0. The maximum atomic E-state index is 11.9. The Kier molecular flexibility index (Phi) is 29.2. The van der Waals surface area contributed by atoms with E-state index in [0.29, 0.717) is 52.7 Å². The molecular formula is C33H58N2O7. The Bertz CT molecular complexity index is 868. The summed E-state index contributed by atoms with van der Waals surface area (Å²) in [4.78, 5) is 22.4. The minimum Gasteiger partial charge on any atom is -0.481 e. The molecule has 0 heterocycles. The van der Waals surface area contributed by atoms with Gasteiger partial charge in [0.2, 0.25) is 5.91 Å². The Morgan fingerprint density at radius 3 is 1.52 bits per heavy atom. The Morgan fingerprint density at radius 1 is 0.714 bits per heavy atom. The van der Waals surface area contributed by atoms with Crippen LogP contribution in [0.2, 0.25) is 0 Å². The van der Waals surface area contributed by atoms with E-state index in [1.54, 1.807) is 6.92 Å². The molecule has 42 heavy (non-hydrogen) atoms. The molecule has 2 atom stereocenters. The van der Waals surface area contributed by atoms with Crippen molar-refractivity contribution in [2.24, 2.45) is 5.73 Å². The lowest BCUT2D eigenvalue weighted by Gasteiger charge is -2.12. The summed E-state index contributed by atoms with van der Waals surface area (Å²) in [6.45, 7) is 14.2. The molecule has 0 saturated heterocycles. The van der Waals surface area contributed by atoms with Crippen molar-refractivity contribution in [1.29, 1.82) is 0 Å². The van der Waals surface area contributed by atoms with Crippen LogP contribution in [0.1, 0.15) is 72.4 Å². The molecular weight excluding hydrogens is 536 g/mol. The van der Waals surface area contributed by atoms with E-state index in [-0.39, 0.29) is 20.7 Å². The molecule has 0 radical (unpaired) electrons. The highest BCUT2D eigenvalue weighted by molar-refractivity contribution is 5.83. The predicted octanol–water partition coefficient (Wildman–Crippen LogP) is 5.49. The van der Waals surface area contributed by atoms with Gasteiger partial charge in [-0.1, -0.05) is 81.9 Å². The number of benzene rings is 2. The van der Waals surface area contributed by atoms with Crippen molar-refractivity contribution >= 4 is 11.9 Å². The molecule has 2 aromatic carbocycles. The second-order valence-electron chi connectivity index (χ2n) is 9.13. The number of amides is 1. The van der Waals surface area contributed by atoms with Crippen LogP contribution in [0.5, 0.6) is 0 Å². The first kappa shape index (κ1) is 41.3. The standard InChI is InChI=1S/C16H25NO3.C9H10O2.C7H17NO2.CH4.H2/c1-3-10-19-12-13-20-11-9-17-16(18)14(2)15-7-5-4-6-8-15;1-7(9(10)11)8-5-3-2-4-6-8;1-2-4-9-6-7-10-5-3-8;;/h4-8,14H,3,9-13H2,1-2H3,(H,17,18);2-7H,1H3,(H,10,11);2-8H2,1H3;1H4;1H/t14-;7-;;;/m00.../s1. The van der Waals surface area contributed by atoms with Gasteiger partial charge in [-0.15, -0.1) is 0 Å². The molecule has 0 aliphatic rings. The largest absolute Gasteiger partial charge is 0.481 e. The van der Waals surface area contributed by atoms with Crippen LogP contribution in [0.3, 0.4) is 0 Å². The highest BCUT2D eigenvalue weighted by Gasteiger charge is 2.14. The zero-order chi connectivity index (χ0) is 30.6. The van der Waals surface area contributed by atoms with E-state index < -0.39 is 11.9 Å². The van der Waals surface area contributed by atoms with Gasteiger partial charge in [0.25, 0.3) is 0 Å². The SMILES string of the molecule is C.CCCOCCOCCN.CCCOCCOCCNC(=O)[C@@H](C)c1ccccc1.C[C@H](C(=O)O)c1ccccc1.[HH]. The van der Waals surface area contributed by atoms with E-state index in [4.69, 9.17) is 29.8 Å². The highest BCUT2D eigenvalue weighted by Crippen LogP contribution is 2.14. The second-order valence-corrected chi connectivity index (χ2v) is 9.13. The Labute approximate surface area is 255 Å². The van der Waals surface area contributed by atoms with Crippen molar-refractivity contribution in [3.8, 4) is 0 Å². The zero-order valence-electron chi connectivity index (χ0n) is 25.4. The summed E-state index contributed by atoms with van der Waals surface area (Å²) >= 11 is 0. The number of hydrogen-bond acceptors (Lipinski definition) is 7. The molecule has 9 nitrogen and oxygen atoms in total. The number of ether oxygens (including phenoxy) is 4. The van der Waals surface area contributed by atoms with Gasteiger partial charge in [-0.3, -0.25) is 9.59 Å². The van der Waals surface area contributed by atoms with E-state index in [1.165, 1.54) is 0 Å². The zero-order valence-corrected chi connectivity index (χ0v) is 25.4. The van der Waals surface area contributed by atoms with E-state index in [9.17, 15) is 9.59 Å². The fourth-order valence-corrected chi connectivity index (χ4v) is 3.19. The smallest absolute Gasteiger partial charge is 0.310 e. The number of nitrogens with two attached hydrogens (primary N) is 1. The summed E-state index contributed by atoms with van der Waals surface area (Å²) < 4.78 is 20.9. The van der Waals surface area contributed by atoms with Gasteiger partial charge in [0.05, 0.1) is 51.5 Å². The van der Waals surface area contributed by atoms with Crippen molar-refractivity contribution in [3.63, 3.8) is 0 Å². The van der Waals surface area contributed by atoms with Gasteiger partial charge in [-0.2, -0.15) is 0 Å². The molecule has 2 aromatic rings. The number of hydrogen-bond donors (Lipinski definition) is 3. The van der Waals surface area contributed by atoms with Gasteiger partial charge in [-0.05, 0) is 37.8 Å². The average Bonchev–Trinajstić information content (AvgIpc) is 3.01. The first-order valence-corrected chi connectivity index (χ1v) is 14.5. The van der Waals surface area contributed by atoms with Gasteiger partial charge in [0.1, 0.15) is 0 Å². The first-order chi connectivity index (χ1) is 19.9. The quantitative estimate of drug-likeness (QED) is 0.182. The van der Waals surface area contributed by atoms with Crippen molar-refractivity contribution in [2.75, 3.05) is 65.9 Å². The first-order valence-electron chi connectivity index (χ1n) is 14.5. The van der Waals surface area contributed by atoms with E-state index in [1.807, 2.05) is 67.6 Å². The van der Waals surface area contributed by atoms with Crippen LogP contribution in [-0.2, 0) is 28.5 Å². The van der Waals surface area contributed by atoms with Crippen LogP contribution in [-0.4, -0.2) is 82.9 Å². The lowest BCUT2D eigenvalue weighted by atomic mass is 10.0. The van der Waals surface area contributed by atoms with Gasteiger partial charge in [0.15, 0.2) is 0 Å². The predicted molar refractivity (Wildman–Crippen MR) is 172 cm³/mol. The van der Waals surface area contributed by atoms with Crippen LogP contribution in [0.15, 0.2) is 60.7 Å². The number of aliphatic carboxylic acids is 1. The summed E-state index contributed by atoms with van der Waals surface area (Å²) in [5.41, 5.74) is 7.08. The van der Waals surface area contributed by atoms with Crippen LogP contribution >= 0.6 is 0 Å². The highest BCUT2D eigenvalue weighted by atomic mass is 16.5. The molecule has 2 rings (SSSR count). The third-order valence-electron chi connectivity index (χ3n) is 5.61. The molecule has 0 aliphatic carbocycles. The fourth-order valence-electron chi connectivity index (χ4n) is 3.19. The summed E-state index contributed by atoms with van der Waals surface area (Å²) in [5, 5.41) is 11.5. The number of carboxylic acid groups (broad SMARTS) is 1. The molecule has 0 unspecified atom stereocenters. The van der Waals surface area contributed by atoms with Gasteiger partial charge in [-0.25, -0.2) is 0 Å². The third kappa shape index (κ3) is 22.8. The van der Waals surface area contributed by atoms with Crippen LogP contribution in [0.4, 0.5) is 0 Å². The average molecular weight is 595 g/mol. The summed E-state index contributed by atoms with van der Waals surface area (Å²) in [5.74, 6) is -1.29. The van der Waals surface area contributed by atoms with Gasteiger partial charge >= 0.3 is 5.97 Å². The Balaban J connectivity index is -0.000000594. The third-order valence-corrected chi connectivity index (χ3v) is 5.61. The number of carbonyl (C=O) groups excluding carboxylic acids is 1. The molecule has 0 spiro atoms. The van der Waals surface area contributed by atoms with E-state index in [2.05, 4.69) is 19.2 Å². The normalized spacial score (nSPS) is 11.5. The molecule has 0 aliphatic heterocycles. The summed E-state index contributed by atoms with van der Waals surface area (Å²) in [6.07, 6.45) is 2.09. The van der Waals surface area contributed by atoms with Gasteiger partial charge in [0, 0.05) is 27.7 Å². The monoisotopic (exact) mass is 594 g/mol. The topological polar surface area (TPSA) is 129 Å². The Hall–Kier alpha value is -2.82. The minimum atomic E-state index is -0.781. The van der Waals surface area contributed by atoms with Crippen LogP contribution in [0, 0.1) is 0 Å². The number of rotatable bonds is 19. The molecule has 242 valence electrons. The van der Waals surface area contributed by atoms with Crippen molar-refractivity contribution in [2.45, 2.75) is 59.8 Å². The Morgan fingerprint density at radius 2 is 1.12 bits per heavy atom.